The van der Waals surface area contributed by atoms with E-state index in [0.29, 0.717) is 0 Å². The fourth-order valence-electron chi connectivity index (χ4n) is 1.71. The van der Waals surface area contributed by atoms with Gasteiger partial charge in [-0.1, -0.05) is 47.6 Å². The largest absolute Gasteiger partial charge is 0.496 e. The summed E-state index contributed by atoms with van der Waals surface area (Å²) >= 11 is 0. The van der Waals surface area contributed by atoms with Crippen LogP contribution in [0.25, 0.3) is 0 Å². The number of nitrogens with one attached hydrogen (secondary N) is 1. The zero-order chi connectivity index (χ0) is 25.0. The molecule has 31 heavy (non-hydrogen) atoms. The number of nitrogens with zero attached hydrogens (tertiary/aromatic N) is 1. The van der Waals surface area contributed by atoms with E-state index in [1.54, 1.807) is 18.3 Å². The van der Waals surface area contributed by atoms with Crippen LogP contribution < -0.4 is 16.5 Å². The summed E-state index contributed by atoms with van der Waals surface area (Å²) < 4.78 is 11.7. The molecule has 5 N–H and O–H groups in total. The number of pyridine rings is 1. The van der Waals surface area contributed by atoms with Gasteiger partial charge >= 0.3 is 19.3 Å². The minimum absolute atomic E-state index is 0.271. The van der Waals surface area contributed by atoms with E-state index in [1.807, 2.05) is 27.7 Å². The summed E-state index contributed by atoms with van der Waals surface area (Å²) in [7, 11) is -0.489. The molecule has 10 heteroatoms. The lowest BCUT2D eigenvalue weighted by Crippen LogP contribution is -2.41. The summed E-state index contributed by atoms with van der Waals surface area (Å²) in [4.78, 5) is 23.3. The monoisotopic (exact) mass is 441 g/mol. The Balaban J connectivity index is 0. The Bertz CT molecular complexity index is 632. The van der Waals surface area contributed by atoms with Crippen LogP contribution in [0.1, 0.15) is 69.2 Å². The van der Waals surface area contributed by atoms with Gasteiger partial charge < -0.3 is 25.3 Å². The standard InChI is InChI=1S/C12H17BN2O4.2C4H10.CH3NO2/c1-11(2)12(3,4)19-13(18-11)8-5-6-9(14-7-8)15-10(16)17;2*1-4(2)3;2-1(3)4/h5-7H,1-4H3,(H,14,15)(H,16,17);2*4H,1-3H3;2H2,(H,3,4). The third-order valence-corrected chi connectivity index (χ3v) is 3.55. The topological polar surface area (TPSA) is 144 Å². The first-order valence-corrected chi connectivity index (χ1v) is 10.2. The van der Waals surface area contributed by atoms with Gasteiger partial charge in [0.05, 0.1) is 11.2 Å². The third kappa shape index (κ3) is 15.2. The number of rotatable bonds is 2. The number of aromatic nitrogens is 1. The highest BCUT2D eigenvalue weighted by molar-refractivity contribution is 6.62. The molecule has 1 aliphatic rings. The van der Waals surface area contributed by atoms with Crippen molar-refractivity contribution in [3.8, 4) is 0 Å². The Morgan fingerprint density at radius 1 is 0.968 bits per heavy atom. The second kappa shape index (κ2) is 13.9. The second-order valence-electron chi connectivity index (χ2n) is 9.30. The molecular formula is C21H40BN3O6. The van der Waals surface area contributed by atoms with E-state index in [4.69, 9.17) is 24.3 Å². The van der Waals surface area contributed by atoms with Crippen LogP contribution >= 0.6 is 0 Å². The Morgan fingerprint density at radius 3 is 1.58 bits per heavy atom. The number of nitrogens with two attached hydrogens (primary N) is 1. The van der Waals surface area contributed by atoms with Crippen LogP contribution in [0.3, 0.4) is 0 Å². The Kier molecular flexibility index (Phi) is 13.8. The molecule has 2 rings (SSSR count). The van der Waals surface area contributed by atoms with Gasteiger partial charge in [-0.2, -0.15) is 0 Å². The van der Waals surface area contributed by atoms with Gasteiger partial charge in [-0.25, -0.2) is 14.6 Å². The van der Waals surface area contributed by atoms with Crippen molar-refractivity contribution in [3.05, 3.63) is 18.3 Å². The molecule has 1 aromatic heterocycles. The number of amides is 2. The van der Waals surface area contributed by atoms with Gasteiger partial charge in [0.2, 0.25) is 0 Å². The van der Waals surface area contributed by atoms with Crippen molar-refractivity contribution in [2.75, 3.05) is 5.32 Å². The molecule has 178 valence electrons. The van der Waals surface area contributed by atoms with Crippen molar-refractivity contribution in [3.63, 3.8) is 0 Å². The average molecular weight is 441 g/mol. The maximum atomic E-state index is 10.5. The highest BCUT2D eigenvalue weighted by Gasteiger charge is 2.51. The van der Waals surface area contributed by atoms with Crippen LogP contribution in [0.15, 0.2) is 18.3 Å². The molecule has 9 nitrogen and oxygen atoms in total. The van der Waals surface area contributed by atoms with Gasteiger partial charge in [0.1, 0.15) is 5.82 Å². The van der Waals surface area contributed by atoms with Crippen LogP contribution in [-0.2, 0) is 9.31 Å². The van der Waals surface area contributed by atoms with Gasteiger partial charge in [-0.05, 0) is 45.6 Å². The van der Waals surface area contributed by atoms with Gasteiger partial charge in [-0.15, -0.1) is 0 Å². The predicted molar refractivity (Wildman–Crippen MR) is 125 cm³/mol. The molecule has 0 aliphatic carbocycles. The lowest BCUT2D eigenvalue weighted by Gasteiger charge is -2.32. The molecule has 2 amide bonds. The number of primary amides is 1. The third-order valence-electron chi connectivity index (χ3n) is 3.55. The van der Waals surface area contributed by atoms with Gasteiger partial charge in [0.25, 0.3) is 0 Å². The molecule has 0 atom stereocenters. The number of carbonyl (C=O) groups is 2. The van der Waals surface area contributed by atoms with E-state index in [-0.39, 0.29) is 5.82 Å². The van der Waals surface area contributed by atoms with Crippen LogP contribution in [0, 0.1) is 11.8 Å². The maximum absolute atomic E-state index is 10.5. The predicted octanol–water partition coefficient (Wildman–Crippen LogP) is 4.42. The number of hydrogen-bond acceptors (Lipinski definition) is 5. The molecule has 0 unspecified atom stereocenters. The minimum atomic E-state index is -1.33. The molecule has 0 aromatic carbocycles. The molecular weight excluding hydrogens is 401 g/mol. The molecule has 0 spiro atoms. The Hall–Kier alpha value is -2.33. The van der Waals surface area contributed by atoms with E-state index >= 15 is 0 Å². The quantitative estimate of drug-likeness (QED) is 0.497. The normalized spacial score (nSPS) is 15.5. The van der Waals surface area contributed by atoms with Crippen LogP contribution in [-0.4, -0.2) is 45.7 Å². The van der Waals surface area contributed by atoms with E-state index in [2.05, 4.69) is 57.6 Å². The smallest absolute Gasteiger partial charge is 0.465 e. The molecule has 0 saturated carbocycles. The first-order valence-electron chi connectivity index (χ1n) is 10.2. The van der Waals surface area contributed by atoms with Crippen LogP contribution in [0.5, 0.6) is 0 Å². The fraction of sp³-hybridized carbons (Fsp3) is 0.667. The van der Waals surface area contributed by atoms with Crippen LogP contribution in [0.2, 0.25) is 0 Å². The summed E-state index contributed by atoms with van der Waals surface area (Å²) in [5, 5.41) is 18.0. The molecule has 1 fully saturated rings. The van der Waals surface area contributed by atoms with Crippen molar-refractivity contribution in [1.82, 2.24) is 4.98 Å². The number of anilines is 1. The SMILES string of the molecule is CC(C)C.CC(C)C.CC1(C)OB(c2ccc(NC(=O)O)nc2)OC1(C)C.NC(=O)O. The maximum Gasteiger partial charge on any atom is 0.496 e. The Morgan fingerprint density at radius 2 is 1.32 bits per heavy atom. The first-order chi connectivity index (χ1) is 13.9. The van der Waals surface area contributed by atoms with E-state index in [1.165, 1.54) is 0 Å². The van der Waals surface area contributed by atoms with Gasteiger partial charge in [-0.3, -0.25) is 5.32 Å². The zero-order valence-electron chi connectivity index (χ0n) is 20.5. The average Bonchev–Trinajstić information content (AvgIpc) is 2.74. The van der Waals surface area contributed by atoms with E-state index in [0.717, 1.165) is 17.3 Å². The lowest BCUT2D eigenvalue weighted by atomic mass is 9.80. The summed E-state index contributed by atoms with van der Waals surface area (Å²) in [5.41, 5.74) is 3.97. The molecule has 1 aromatic rings. The molecule has 0 radical (unpaired) electrons. The second-order valence-corrected chi connectivity index (χ2v) is 9.30. The summed E-state index contributed by atoms with van der Waals surface area (Å²) in [5.74, 6) is 1.94. The van der Waals surface area contributed by atoms with Gasteiger partial charge in [0.15, 0.2) is 0 Å². The molecule has 1 aliphatic heterocycles. The van der Waals surface area contributed by atoms with Crippen molar-refractivity contribution in [2.45, 2.75) is 80.4 Å². The van der Waals surface area contributed by atoms with E-state index in [9.17, 15) is 4.79 Å². The zero-order valence-corrected chi connectivity index (χ0v) is 20.5. The number of hydrogen-bond donors (Lipinski definition) is 4. The van der Waals surface area contributed by atoms with Crippen LogP contribution in [0.4, 0.5) is 15.4 Å². The van der Waals surface area contributed by atoms with Crippen molar-refractivity contribution in [1.29, 1.82) is 0 Å². The summed E-state index contributed by atoms with van der Waals surface area (Å²) in [6.45, 7) is 20.9. The minimum Gasteiger partial charge on any atom is -0.465 e. The Labute approximate surface area is 186 Å². The van der Waals surface area contributed by atoms with E-state index < -0.39 is 30.5 Å². The fourth-order valence-corrected chi connectivity index (χ4v) is 1.71. The highest BCUT2D eigenvalue weighted by Crippen LogP contribution is 2.36. The number of carboxylic acid groups (broad SMARTS) is 2. The lowest BCUT2D eigenvalue weighted by molar-refractivity contribution is 0.00578. The van der Waals surface area contributed by atoms with Crippen molar-refractivity contribution in [2.24, 2.45) is 17.6 Å². The van der Waals surface area contributed by atoms with Crippen molar-refractivity contribution < 1.29 is 29.1 Å². The summed E-state index contributed by atoms with van der Waals surface area (Å²) in [6, 6.07) is 3.31. The highest BCUT2D eigenvalue weighted by atomic mass is 16.7. The molecule has 0 bridgehead atoms. The van der Waals surface area contributed by atoms with Gasteiger partial charge in [0, 0.05) is 11.7 Å². The molecule has 1 saturated heterocycles. The first kappa shape index (κ1) is 30.9. The summed E-state index contributed by atoms with van der Waals surface area (Å²) in [6.07, 6.45) is -0.927. The molecule has 2 heterocycles. The van der Waals surface area contributed by atoms with Crippen molar-refractivity contribution >= 4 is 30.6 Å².